The normalized spacial score (nSPS) is 20.1. The lowest BCUT2D eigenvalue weighted by atomic mass is 9.81. The van der Waals surface area contributed by atoms with Crippen molar-refractivity contribution in [2.24, 2.45) is 5.92 Å². The van der Waals surface area contributed by atoms with E-state index < -0.39 is 95.8 Å². The summed E-state index contributed by atoms with van der Waals surface area (Å²) in [7, 11) is 0. The fourth-order valence-electron chi connectivity index (χ4n) is 4.97. The second-order valence-electron chi connectivity index (χ2n) is 11.2. The molecule has 2 aliphatic carbocycles. The van der Waals surface area contributed by atoms with Crippen LogP contribution in [0.4, 0.5) is 39.8 Å². The van der Waals surface area contributed by atoms with Crippen LogP contribution >= 0.6 is 0 Å². The fraction of sp³-hybridized carbons (Fsp3) is 0.654. The molecule has 2 aromatic rings. The lowest BCUT2D eigenvalue weighted by Gasteiger charge is -2.33. The molecule has 2 amide bonds. The molecule has 6 nitrogen and oxygen atoms in total. The molecule has 1 aromatic heterocycles. The highest BCUT2D eigenvalue weighted by molar-refractivity contribution is 5.88. The molecular weight excluding hydrogens is 571 g/mol. The molecule has 15 heteroatoms. The Kier molecular flexibility index (Phi) is 9.00. The third-order valence-electron chi connectivity index (χ3n) is 7.38. The van der Waals surface area contributed by atoms with Gasteiger partial charge in [0, 0.05) is 36.0 Å². The Labute approximate surface area is 233 Å². The molecular formula is C26H37F9N4O2. The second-order valence-corrected chi connectivity index (χ2v) is 11.2. The van der Waals surface area contributed by atoms with Crippen molar-refractivity contribution < 1.29 is 53.7 Å². The maximum absolute atomic E-state index is 15.7. The van der Waals surface area contributed by atoms with Gasteiger partial charge in [-0.1, -0.05) is 6.07 Å². The van der Waals surface area contributed by atoms with E-state index in [4.69, 9.17) is 0 Å². The van der Waals surface area contributed by atoms with E-state index in [1.165, 1.54) is 6.07 Å². The molecule has 3 N–H and O–H groups in total. The second kappa shape index (κ2) is 11.3. The minimum Gasteiger partial charge on any atom is -0.350 e. The number of rotatable bonds is 10. The van der Waals surface area contributed by atoms with Gasteiger partial charge in [0.05, 0.1) is 24.0 Å². The van der Waals surface area contributed by atoms with Crippen molar-refractivity contribution in [2.45, 2.75) is 94.2 Å². The zero-order valence-electron chi connectivity index (χ0n) is 22.2. The van der Waals surface area contributed by atoms with Crippen LogP contribution in [0.3, 0.4) is 0 Å². The summed E-state index contributed by atoms with van der Waals surface area (Å²) in [5.74, 6) is -15.5. The van der Waals surface area contributed by atoms with Crippen molar-refractivity contribution in [1.29, 1.82) is 0 Å². The summed E-state index contributed by atoms with van der Waals surface area (Å²) in [4.78, 5) is 32.1. The monoisotopic (exact) mass is 608 g/mol. The van der Waals surface area contributed by atoms with E-state index in [-0.39, 0.29) is 46.0 Å². The van der Waals surface area contributed by atoms with E-state index in [9.17, 15) is 40.3 Å². The van der Waals surface area contributed by atoms with Gasteiger partial charge in [0.15, 0.2) is 11.5 Å². The number of fused-ring (bicyclic) bond motifs is 1. The first kappa shape index (κ1) is 32.5. The number of hydrogen-bond acceptors (Lipinski definition) is 3. The molecule has 2 atom stereocenters. The van der Waals surface area contributed by atoms with Gasteiger partial charge in [0.25, 0.3) is 11.8 Å². The smallest absolute Gasteiger partial charge is 0.262 e. The number of nitrogens with zero attached hydrogens (tertiary/aromatic N) is 1. The van der Waals surface area contributed by atoms with Crippen molar-refractivity contribution in [3.63, 3.8) is 0 Å². The van der Waals surface area contributed by atoms with E-state index in [0.717, 1.165) is 6.07 Å². The number of amides is 2. The van der Waals surface area contributed by atoms with Crippen molar-refractivity contribution >= 4 is 22.8 Å². The van der Waals surface area contributed by atoms with Gasteiger partial charge in [-0.05, 0) is 44.6 Å². The first-order valence-corrected chi connectivity index (χ1v) is 13.0. The van der Waals surface area contributed by atoms with Gasteiger partial charge in [-0.25, -0.2) is 40.1 Å². The van der Waals surface area contributed by atoms with Crippen LogP contribution in [0.15, 0.2) is 12.1 Å². The van der Waals surface area contributed by atoms with Gasteiger partial charge in [-0.15, -0.1) is 0 Å². The number of aromatic nitrogens is 2. The Hall–Kier alpha value is -3.00. The van der Waals surface area contributed by atoms with Gasteiger partial charge in [0.2, 0.25) is 17.8 Å². The summed E-state index contributed by atoms with van der Waals surface area (Å²) < 4.78 is 112. The first-order valence-electron chi connectivity index (χ1n) is 13.0. The fourth-order valence-corrected chi connectivity index (χ4v) is 4.97. The quantitative estimate of drug-likeness (QED) is 0.255. The largest absolute Gasteiger partial charge is 0.350 e. The van der Waals surface area contributed by atoms with Crippen LogP contribution in [-0.2, 0) is 9.59 Å². The topological polar surface area (TPSA) is 86.9 Å². The van der Waals surface area contributed by atoms with Crippen LogP contribution in [0.1, 0.15) is 86.4 Å². The van der Waals surface area contributed by atoms with E-state index in [1.807, 2.05) is 5.32 Å². The highest BCUT2D eigenvalue weighted by atomic mass is 19.3. The minimum atomic E-state index is -3.46. The Balaban J connectivity index is 0.00000462. The molecule has 0 saturated heterocycles. The summed E-state index contributed by atoms with van der Waals surface area (Å²) in [5, 5.41) is 4.39. The molecule has 0 bridgehead atoms. The predicted octanol–water partition coefficient (Wildman–Crippen LogP) is 6.98. The Bertz CT molecular complexity index is 1270. The molecule has 0 radical (unpaired) electrons. The Morgan fingerprint density at radius 2 is 1.68 bits per heavy atom. The summed E-state index contributed by atoms with van der Waals surface area (Å²) >= 11 is 0. The predicted molar refractivity (Wildman–Crippen MR) is 137 cm³/mol. The molecule has 2 saturated carbocycles. The maximum atomic E-state index is 15.7. The number of benzene rings is 1. The average Bonchev–Trinajstić information content (AvgIpc) is 3.44. The summed E-state index contributed by atoms with van der Waals surface area (Å²) in [6, 6.07) is 1.23. The van der Waals surface area contributed by atoms with E-state index in [0.29, 0.717) is 13.8 Å². The molecule has 2 aliphatic rings. The van der Waals surface area contributed by atoms with Crippen molar-refractivity contribution in [2.75, 3.05) is 6.54 Å². The summed E-state index contributed by atoms with van der Waals surface area (Å²) in [5.41, 5.74) is -2.95. The molecule has 1 heterocycles. The van der Waals surface area contributed by atoms with Crippen LogP contribution < -0.4 is 10.6 Å². The van der Waals surface area contributed by atoms with Gasteiger partial charge in [-0.3, -0.25) is 14.3 Å². The lowest BCUT2D eigenvalue weighted by Crippen LogP contribution is -2.41. The molecule has 0 aliphatic heterocycles. The summed E-state index contributed by atoms with van der Waals surface area (Å²) in [6.07, 6.45) is -2.17. The number of carbonyl (C=O) groups excluding carboxylic acids is 2. The highest BCUT2D eigenvalue weighted by Crippen LogP contribution is 2.44. The third-order valence-corrected chi connectivity index (χ3v) is 7.38. The zero-order chi connectivity index (χ0) is 29.7. The lowest BCUT2D eigenvalue weighted by molar-refractivity contribution is -0.129. The standard InChI is InChI=1S/C26H30F8N4O2.FH.3H2/c1-23(28,29)11-15(21(39)35-12-24(2,30)31)14-3-4-16-19(17(14)27)37-20(36-16)18(38-22(40)25(32)9-10-25)13-5-7-26(33,34)8-6-13;;;;/h3-4,13,15,18H,5-12H2,1-2H3,(H,35,39)(H,36,37)(H,38,40);4*1H/t15?,18-;;;;/m0..../s1. The molecule has 2 fully saturated rings. The number of hydrogen-bond donors (Lipinski definition) is 3. The molecule has 1 aromatic carbocycles. The summed E-state index contributed by atoms with van der Waals surface area (Å²) in [6.45, 7) is -0.125. The molecule has 1 unspecified atom stereocenters. The van der Waals surface area contributed by atoms with Crippen LogP contribution in [-0.4, -0.2) is 51.8 Å². The van der Waals surface area contributed by atoms with Crippen LogP contribution in [0.5, 0.6) is 0 Å². The number of alkyl halides is 7. The van der Waals surface area contributed by atoms with Crippen molar-refractivity contribution in [3.8, 4) is 0 Å². The van der Waals surface area contributed by atoms with E-state index in [1.54, 1.807) is 0 Å². The molecule has 0 spiro atoms. The number of nitrogens with one attached hydrogen (secondary N) is 3. The third kappa shape index (κ3) is 7.85. The zero-order valence-corrected chi connectivity index (χ0v) is 22.2. The van der Waals surface area contributed by atoms with Gasteiger partial charge >= 0.3 is 0 Å². The number of halogens is 9. The van der Waals surface area contributed by atoms with Crippen LogP contribution in [0, 0.1) is 11.7 Å². The van der Waals surface area contributed by atoms with Crippen LogP contribution in [0.2, 0.25) is 0 Å². The van der Waals surface area contributed by atoms with Gasteiger partial charge in [-0.2, -0.15) is 0 Å². The van der Waals surface area contributed by atoms with Gasteiger partial charge < -0.3 is 15.6 Å². The van der Waals surface area contributed by atoms with Crippen molar-refractivity contribution in [1.82, 2.24) is 20.6 Å². The number of H-pyrrole nitrogens is 1. The van der Waals surface area contributed by atoms with Gasteiger partial charge in [0.1, 0.15) is 11.3 Å². The number of aromatic amines is 1. The molecule has 41 heavy (non-hydrogen) atoms. The average molecular weight is 609 g/mol. The molecule has 236 valence electrons. The van der Waals surface area contributed by atoms with Crippen molar-refractivity contribution in [3.05, 3.63) is 29.3 Å². The van der Waals surface area contributed by atoms with E-state index >= 15 is 4.39 Å². The molecule has 4 rings (SSSR count). The van der Waals surface area contributed by atoms with Crippen LogP contribution in [0.25, 0.3) is 11.0 Å². The highest BCUT2D eigenvalue weighted by Gasteiger charge is 2.52. The number of imidazole rings is 1. The van der Waals surface area contributed by atoms with E-state index in [2.05, 4.69) is 15.3 Å². The number of carbonyl (C=O) groups is 2. The maximum Gasteiger partial charge on any atom is 0.262 e. The Morgan fingerprint density at radius 1 is 1.07 bits per heavy atom. The first-order chi connectivity index (χ1) is 18.4. The minimum absolute atomic E-state index is 0. The SMILES string of the molecule is CC(F)(F)CNC(=O)C(CC(C)(F)F)c1ccc2[nH]c([C@@H](NC(=O)C3(F)CC3)C3CCC(F)(F)CC3)nc2c1F.F.[HH].[HH].[HH]. The Morgan fingerprint density at radius 3 is 2.22 bits per heavy atom.